The zero-order valence-corrected chi connectivity index (χ0v) is 19.5. The normalized spacial score (nSPS) is 18.3. The maximum atomic E-state index is 13.4. The molecule has 0 spiro atoms. The molecule has 2 atom stereocenters. The van der Waals surface area contributed by atoms with Gasteiger partial charge in [0.25, 0.3) is 11.8 Å². The van der Waals surface area contributed by atoms with Crippen molar-refractivity contribution >= 4 is 23.2 Å². The van der Waals surface area contributed by atoms with E-state index in [1.54, 1.807) is 6.92 Å². The molecule has 2 heterocycles. The number of hydrogen-bond donors (Lipinski definition) is 1. The average molecular weight is 461 g/mol. The number of carbonyl (C=O) groups excluding carboxylic acids is 2. The summed E-state index contributed by atoms with van der Waals surface area (Å²) < 4.78 is 6.03. The van der Waals surface area contributed by atoms with Gasteiger partial charge in [0.1, 0.15) is 5.75 Å². The lowest BCUT2D eigenvalue weighted by Gasteiger charge is -2.38. The third-order valence-corrected chi connectivity index (χ3v) is 7.26. The topological polar surface area (TPSA) is 58.6 Å². The Balaban J connectivity index is 1.43. The molecule has 1 aliphatic carbocycles. The van der Waals surface area contributed by atoms with Gasteiger partial charge in [-0.2, -0.15) is 0 Å². The van der Waals surface area contributed by atoms with Crippen molar-refractivity contribution in [2.24, 2.45) is 5.92 Å². The van der Waals surface area contributed by atoms with Crippen LogP contribution in [0.5, 0.6) is 5.75 Å². The predicted octanol–water partition coefficient (Wildman–Crippen LogP) is 4.83. The van der Waals surface area contributed by atoms with E-state index in [-0.39, 0.29) is 17.9 Å². The summed E-state index contributed by atoms with van der Waals surface area (Å²) >= 11 is 1.47. The highest BCUT2D eigenvalue weighted by Crippen LogP contribution is 2.38. The molecule has 1 saturated carbocycles. The average Bonchev–Trinajstić information content (AvgIpc) is 3.52. The van der Waals surface area contributed by atoms with Crippen molar-refractivity contribution in [1.29, 1.82) is 0 Å². The molecule has 5 nitrogen and oxygen atoms in total. The van der Waals surface area contributed by atoms with Crippen LogP contribution in [0.1, 0.15) is 52.2 Å². The van der Waals surface area contributed by atoms with Crippen molar-refractivity contribution < 1.29 is 14.3 Å². The van der Waals surface area contributed by atoms with Gasteiger partial charge in [0.2, 0.25) is 0 Å². The first-order chi connectivity index (χ1) is 16.1. The summed E-state index contributed by atoms with van der Waals surface area (Å²) in [6.45, 7) is 3.17. The molecule has 33 heavy (non-hydrogen) atoms. The summed E-state index contributed by atoms with van der Waals surface area (Å²) in [4.78, 5) is 28.5. The van der Waals surface area contributed by atoms with Crippen molar-refractivity contribution in [3.63, 3.8) is 0 Å². The lowest BCUT2D eigenvalue weighted by Crippen LogP contribution is -2.40. The second kappa shape index (κ2) is 9.40. The van der Waals surface area contributed by atoms with Crippen LogP contribution < -0.4 is 10.1 Å². The van der Waals surface area contributed by atoms with Crippen molar-refractivity contribution in [3.05, 3.63) is 87.6 Å². The number of rotatable bonds is 7. The number of carbonyl (C=O) groups is 2. The van der Waals surface area contributed by atoms with Crippen LogP contribution in [0.3, 0.4) is 0 Å². The molecule has 3 aromatic rings. The van der Waals surface area contributed by atoms with Crippen LogP contribution in [0.15, 0.2) is 66.0 Å². The molecule has 170 valence electrons. The molecule has 1 aromatic heterocycles. The number of fused-ring (bicyclic) bond motifs is 1. The quantitative estimate of drug-likeness (QED) is 0.549. The van der Waals surface area contributed by atoms with E-state index in [2.05, 4.69) is 23.5 Å². The highest BCUT2D eigenvalue weighted by Gasteiger charge is 2.33. The van der Waals surface area contributed by atoms with E-state index in [9.17, 15) is 9.59 Å². The second-order valence-electron chi connectivity index (χ2n) is 8.85. The number of benzene rings is 2. The number of nitrogens with zero attached hydrogens (tertiary/aromatic N) is 1. The molecular formula is C27H28N2O3S. The Kier molecular flexibility index (Phi) is 6.18. The number of ether oxygens (including phenoxy) is 1. The first kappa shape index (κ1) is 21.7. The molecule has 1 N–H and O–H groups in total. The highest BCUT2D eigenvalue weighted by atomic mass is 32.1. The largest absolute Gasteiger partial charge is 0.481 e. The lowest BCUT2D eigenvalue weighted by molar-refractivity contribution is -0.127. The van der Waals surface area contributed by atoms with Gasteiger partial charge in [0, 0.05) is 13.1 Å². The molecule has 0 bridgehead atoms. The monoisotopic (exact) mass is 460 g/mol. The van der Waals surface area contributed by atoms with E-state index < -0.39 is 6.10 Å². The first-order valence-electron chi connectivity index (χ1n) is 11.6. The molecule has 0 radical (unpaired) electrons. The van der Waals surface area contributed by atoms with Gasteiger partial charge in [-0.1, -0.05) is 42.5 Å². The van der Waals surface area contributed by atoms with E-state index in [0.717, 1.165) is 29.0 Å². The number of hydrogen-bond acceptors (Lipinski definition) is 4. The summed E-state index contributed by atoms with van der Waals surface area (Å²) in [5.41, 5.74) is 3.33. The van der Waals surface area contributed by atoms with Crippen LogP contribution in [-0.4, -0.2) is 35.9 Å². The Morgan fingerprint density at radius 2 is 1.94 bits per heavy atom. The van der Waals surface area contributed by atoms with Crippen molar-refractivity contribution in [2.75, 3.05) is 13.1 Å². The number of nitrogens with one attached hydrogen (secondary N) is 1. The fourth-order valence-electron chi connectivity index (χ4n) is 4.39. The summed E-state index contributed by atoms with van der Waals surface area (Å²) in [6, 6.07) is 19.7. The smallest absolute Gasteiger partial charge is 0.264 e. The lowest BCUT2D eigenvalue weighted by atomic mass is 9.87. The standard InChI is InChI=1S/C27H28N2O3S/c1-18(26(30)28-17-19-9-10-19)32-22-12-11-20-13-14-29(27(31)24-8-5-15-33-24)25(23(20)16-22)21-6-3-2-4-7-21/h2-8,11-12,15-16,18-19,25H,9-10,13-14,17H2,1H3,(H,28,30). The maximum Gasteiger partial charge on any atom is 0.264 e. The van der Waals surface area contributed by atoms with Gasteiger partial charge in [-0.15, -0.1) is 11.3 Å². The zero-order valence-electron chi connectivity index (χ0n) is 18.7. The summed E-state index contributed by atoms with van der Waals surface area (Å²) in [6.07, 6.45) is 2.60. The molecule has 2 aliphatic rings. The van der Waals surface area contributed by atoms with Crippen LogP contribution in [-0.2, 0) is 11.2 Å². The van der Waals surface area contributed by atoms with Gasteiger partial charge in [-0.05, 0) is 72.4 Å². The Hall–Kier alpha value is -3.12. The van der Waals surface area contributed by atoms with E-state index in [4.69, 9.17) is 4.74 Å². The van der Waals surface area contributed by atoms with Crippen LogP contribution in [0, 0.1) is 5.92 Å². The highest BCUT2D eigenvalue weighted by molar-refractivity contribution is 7.12. The molecular weight excluding hydrogens is 432 g/mol. The van der Waals surface area contributed by atoms with Gasteiger partial charge in [0.15, 0.2) is 6.10 Å². The number of thiophene rings is 1. The third-order valence-electron chi connectivity index (χ3n) is 6.40. The first-order valence-corrected chi connectivity index (χ1v) is 12.4. The zero-order chi connectivity index (χ0) is 22.8. The predicted molar refractivity (Wildman–Crippen MR) is 130 cm³/mol. The molecule has 2 aromatic carbocycles. The minimum Gasteiger partial charge on any atom is -0.481 e. The molecule has 2 unspecified atom stereocenters. The Morgan fingerprint density at radius 3 is 2.67 bits per heavy atom. The molecule has 1 fully saturated rings. The summed E-state index contributed by atoms with van der Waals surface area (Å²) in [5.74, 6) is 1.23. The van der Waals surface area contributed by atoms with E-state index >= 15 is 0 Å². The van der Waals surface area contributed by atoms with Gasteiger partial charge in [-0.25, -0.2) is 0 Å². The molecule has 0 saturated heterocycles. The van der Waals surface area contributed by atoms with Crippen molar-refractivity contribution in [3.8, 4) is 5.75 Å². The van der Waals surface area contributed by atoms with E-state index in [0.29, 0.717) is 18.2 Å². The fraction of sp³-hybridized carbons (Fsp3) is 0.333. The molecule has 2 amide bonds. The van der Waals surface area contributed by atoms with E-state index in [1.165, 1.54) is 29.7 Å². The molecule has 6 heteroatoms. The molecule has 1 aliphatic heterocycles. The number of amides is 2. The minimum atomic E-state index is -0.579. The summed E-state index contributed by atoms with van der Waals surface area (Å²) in [5, 5.41) is 4.92. The molecule has 5 rings (SSSR count). The van der Waals surface area contributed by atoms with Gasteiger partial charge < -0.3 is 15.0 Å². The van der Waals surface area contributed by atoms with E-state index in [1.807, 2.05) is 52.7 Å². The van der Waals surface area contributed by atoms with Crippen molar-refractivity contribution in [1.82, 2.24) is 10.2 Å². The Bertz CT molecular complexity index is 1130. The second-order valence-corrected chi connectivity index (χ2v) is 9.80. The van der Waals surface area contributed by atoms with Crippen LogP contribution in [0.4, 0.5) is 0 Å². The minimum absolute atomic E-state index is 0.0450. The van der Waals surface area contributed by atoms with Crippen LogP contribution in [0.25, 0.3) is 0 Å². The third kappa shape index (κ3) is 4.81. The summed E-state index contributed by atoms with van der Waals surface area (Å²) in [7, 11) is 0. The fourth-order valence-corrected chi connectivity index (χ4v) is 5.07. The SMILES string of the molecule is CC(Oc1ccc2c(c1)C(c1ccccc1)N(C(=O)c1cccs1)CC2)C(=O)NCC1CC1. The Morgan fingerprint density at radius 1 is 1.12 bits per heavy atom. The Labute approximate surface area is 198 Å². The van der Waals surface area contributed by atoms with Crippen molar-refractivity contribution in [2.45, 2.75) is 38.3 Å². The van der Waals surface area contributed by atoms with Gasteiger partial charge in [0.05, 0.1) is 10.9 Å². The van der Waals surface area contributed by atoms with Crippen LogP contribution in [0.2, 0.25) is 0 Å². The van der Waals surface area contributed by atoms with Crippen LogP contribution >= 0.6 is 11.3 Å². The maximum absolute atomic E-state index is 13.4. The van der Waals surface area contributed by atoms with Gasteiger partial charge >= 0.3 is 0 Å². The van der Waals surface area contributed by atoms with Gasteiger partial charge in [-0.3, -0.25) is 9.59 Å².